The van der Waals surface area contributed by atoms with Gasteiger partial charge in [-0.2, -0.15) is 13.2 Å². The highest BCUT2D eigenvalue weighted by Gasteiger charge is 2.32. The van der Waals surface area contributed by atoms with Crippen LogP contribution < -0.4 is 5.32 Å². The number of unbranched alkanes of at least 4 members (excludes halogenated alkanes) is 1. The minimum absolute atomic E-state index is 0. The molecule has 1 fully saturated rings. The zero-order valence-electron chi connectivity index (χ0n) is 17.4. The van der Waals surface area contributed by atoms with Gasteiger partial charge in [-0.05, 0) is 30.5 Å². The van der Waals surface area contributed by atoms with E-state index in [0.29, 0.717) is 45.1 Å². The number of rotatable bonds is 9. The van der Waals surface area contributed by atoms with Crippen molar-refractivity contribution in [2.75, 3.05) is 60.2 Å². The summed E-state index contributed by atoms with van der Waals surface area (Å²) < 4.78 is 55.0. The Kier molecular flexibility index (Phi) is 12.6. The first-order valence-corrected chi connectivity index (χ1v) is 9.76. The molecule has 1 N–H and O–H groups in total. The van der Waals surface area contributed by atoms with Crippen LogP contribution in [0, 0.1) is 0 Å². The van der Waals surface area contributed by atoms with Gasteiger partial charge in [0.05, 0.1) is 31.9 Å². The molecule has 0 bridgehead atoms. The van der Waals surface area contributed by atoms with E-state index < -0.39 is 17.8 Å². The molecule has 0 saturated carbocycles. The monoisotopic (exact) mass is 545 g/mol. The summed E-state index contributed by atoms with van der Waals surface area (Å²) in [6, 6.07) is 5.32. The molecule has 172 valence electrons. The molecule has 30 heavy (non-hydrogen) atoms. The molecule has 1 aromatic carbocycles. The predicted molar refractivity (Wildman–Crippen MR) is 120 cm³/mol. The Balaban J connectivity index is 0.00000450. The molecular weight excluding hydrogens is 514 g/mol. The maximum Gasteiger partial charge on any atom is 0.416 e. The molecule has 0 spiro atoms. The summed E-state index contributed by atoms with van der Waals surface area (Å²) in [6.45, 7) is 4.11. The van der Waals surface area contributed by atoms with Crippen molar-refractivity contribution < 1.29 is 27.4 Å². The van der Waals surface area contributed by atoms with Crippen LogP contribution in [0.4, 0.5) is 13.2 Å². The van der Waals surface area contributed by atoms with E-state index in [1.807, 2.05) is 4.90 Å². The van der Waals surface area contributed by atoms with Crippen LogP contribution in [0.25, 0.3) is 0 Å². The van der Waals surface area contributed by atoms with Crippen molar-refractivity contribution >= 4 is 29.9 Å². The summed E-state index contributed by atoms with van der Waals surface area (Å²) in [5, 5.41) is 3.31. The number of benzene rings is 1. The van der Waals surface area contributed by atoms with Crippen LogP contribution in [-0.2, 0) is 20.4 Å². The van der Waals surface area contributed by atoms with Crippen LogP contribution >= 0.6 is 24.0 Å². The number of guanidine groups is 1. The van der Waals surface area contributed by atoms with E-state index in [9.17, 15) is 13.2 Å². The van der Waals surface area contributed by atoms with Gasteiger partial charge in [0.15, 0.2) is 5.96 Å². The van der Waals surface area contributed by atoms with Crippen molar-refractivity contribution in [1.29, 1.82) is 0 Å². The van der Waals surface area contributed by atoms with Gasteiger partial charge in [-0.15, -0.1) is 24.0 Å². The van der Waals surface area contributed by atoms with Gasteiger partial charge in [-0.1, -0.05) is 12.1 Å². The Morgan fingerprint density at radius 2 is 2.07 bits per heavy atom. The largest absolute Gasteiger partial charge is 0.416 e. The number of morpholine rings is 1. The highest BCUT2D eigenvalue weighted by Crippen LogP contribution is 2.32. The Bertz CT molecular complexity index is 647. The van der Waals surface area contributed by atoms with Gasteiger partial charge in [0.1, 0.15) is 6.10 Å². The number of nitrogens with one attached hydrogen (secondary N) is 1. The minimum atomic E-state index is -4.37. The van der Waals surface area contributed by atoms with Crippen LogP contribution in [-0.4, -0.2) is 71.1 Å². The van der Waals surface area contributed by atoms with Crippen LogP contribution in [0.1, 0.15) is 30.1 Å². The lowest BCUT2D eigenvalue weighted by atomic mass is 10.0. The van der Waals surface area contributed by atoms with Gasteiger partial charge in [0.25, 0.3) is 0 Å². The van der Waals surface area contributed by atoms with Crippen molar-refractivity contribution in [3.05, 3.63) is 35.4 Å². The van der Waals surface area contributed by atoms with E-state index in [0.717, 1.165) is 37.5 Å². The normalized spacial score (nSPS) is 17.6. The van der Waals surface area contributed by atoms with Crippen molar-refractivity contribution in [1.82, 2.24) is 10.2 Å². The second-order valence-corrected chi connectivity index (χ2v) is 6.71. The van der Waals surface area contributed by atoms with E-state index in [2.05, 4.69) is 10.3 Å². The van der Waals surface area contributed by atoms with Gasteiger partial charge in [-0.3, -0.25) is 4.99 Å². The number of methoxy groups -OCH3 is 1. The average molecular weight is 545 g/mol. The first-order chi connectivity index (χ1) is 14.0. The van der Waals surface area contributed by atoms with Crippen molar-refractivity contribution in [3.63, 3.8) is 0 Å². The number of nitrogens with zero attached hydrogens (tertiary/aromatic N) is 2. The molecule has 1 aromatic rings. The van der Waals surface area contributed by atoms with E-state index in [-0.39, 0.29) is 24.0 Å². The molecule has 10 heteroatoms. The van der Waals surface area contributed by atoms with Gasteiger partial charge < -0.3 is 24.4 Å². The maximum absolute atomic E-state index is 13.0. The van der Waals surface area contributed by atoms with Crippen molar-refractivity contribution in [2.24, 2.45) is 4.99 Å². The topological polar surface area (TPSA) is 55.3 Å². The Morgan fingerprint density at radius 3 is 2.77 bits per heavy atom. The third-order valence-corrected chi connectivity index (χ3v) is 4.59. The standard InChI is InChI=1S/C20H30F3N3O3.HI/c1-24-19(25-8-3-4-10-28-13-12-27-2)26-9-11-29-18(15-26)16-6-5-7-17(14-16)20(21,22)23;/h5-7,14,18H,3-4,8-13,15H2,1-2H3,(H,24,25);1H. The number of alkyl halides is 3. The van der Waals surface area contributed by atoms with Gasteiger partial charge in [-0.25, -0.2) is 0 Å². The molecule has 1 unspecified atom stereocenters. The summed E-state index contributed by atoms with van der Waals surface area (Å²) in [5.74, 6) is 0.727. The van der Waals surface area contributed by atoms with Crippen LogP contribution in [0.2, 0.25) is 0 Å². The van der Waals surface area contributed by atoms with E-state index in [1.54, 1.807) is 20.2 Å². The molecule has 1 aliphatic rings. The zero-order chi connectivity index (χ0) is 21.1. The lowest BCUT2D eigenvalue weighted by Gasteiger charge is -2.35. The van der Waals surface area contributed by atoms with Crippen LogP contribution in [0.15, 0.2) is 29.3 Å². The average Bonchev–Trinajstić information content (AvgIpc) is 2.72. The van der Waals surface area contributed by atoms with E-state index in [1.165, 1.54) is 6.07 Å². The number of aliphatic imine (C=N–C) groups is 1. The summed E-state index contributed by atoms with van der Waals surface area (Å²) in [6.07, 6.45) is -2.95. The Hall–Kier alpha value is -1.11. The molecule has 1 heterocycles. The quantitative estimate of drug-likeness (QED) is 0.222. The lowest BCUT2D eigenvalue weighted by molar-refractivity contribution is -0.137. The maximum atomic E-state index is 13.0. The number of halogens is 4. The SMILES string of the molecule is CN=C(NCCCCOCCOC)N1CCOC(c2cccc(C(F)(F)F)c2)C1.I. The summed E-state index contributed by atoms with van der Waals surface area (Å²) in [5.41, 5.74) is -0.140. The number of ether oxygens (including phenoxy) is 3. The Morgan fingerprint density at radius 1 is 1.27 bits per heavy atom. The van der Waals surface area contributed by atoms with Crippen LogP contribution in [0.3, 0.4) is 0 Å². The molecule has 0 amide bonds. The highest BCUT2D eigenvalue weighted by atomic mass is 127. The van der Waals surface area contributed by atoms with Gasteiger partial charge in [0.2, 0.25) is 0 Å². The molecule has 1 saturated heterocycles. The molecule has 1 aliphatic heterocycles. The molecule has 1 atom stereocenters. The second-order valence-electron chi connectivity index (χ2n) is 6.71. The molecule has 2 rings (SSSR count). The molecule has 0 aliphatic carbocycles. The molecule has 0 radical (unpaired) electrons. The molecule has 6 nitrogen and oxygen atoms in total. The molecular formula is C20H31F3IN3O3. The summed E-state index contributed by atoms with van der Waals surface area (Å²) in [4.78, 5) is 6.32. The van der Waals surface area contributed by atoms with Gasteiger partial charge in [0, 0.05) is 33.9 Å². The molecule has 0 aromatic heterocycles. The van der Waals surface area contributed by atoms with Gasteiger partial charge >= 0.3 is 6.18 Å². The van der Waals surface area contributed by atoms with Crippen molar-refractivity contribution in [3.8, 4) is 0 Å². The highest BCUT2D eigenvalue weighted by molar-refractivity contribution is 14.0. The van der Waals surface area contributed by atoms with Crippen LogP contribution in [0.5, 0.6) is 0 Å². The first-order valence-electron chi connectivity index (χ1n) is 9.76. The fourth-order valence-corrected chi connectivity index (χ4v) is 3.06. The fraction of sp³-hybridized carbons (Fsp3) is 0.650. The zero-order valence-corrected chi connectivity index (χ0v) is 19.7. The third kappa shape index (κ3) is 8.94. The summed E-state index contributed by atoms with van der Waals surface area (Å²) in [7, 11) is 3.34. The van der Waals surface area contributed by atoms with E-state index >= 15 is 0 Å². The summed E-state index contributed by atoms with van der Waals surface area (Å²) >= 11 is 0. The second kappa shape index (κ2) is 14.0. The number of hydrogen-bond donors (Lipinski definition) is 1. The smallest absolute Gasteiger partial charge is 0.382 e. The predicted octanol–water partition coefficient (Wildman–Crippen LogP) is 3.72. The number of hydrogen-bond acceptors (Lipinski definition) is 4. The fourth-order valence-electron chi connectivity index (χ4n) is 3.06. The lowest BCUT2D eigenvalue weighted by Crippen LogP contribution is -2.48. The van der Waals surface area contributed by atoms with Crippen molar-refractivity contribution in [2.45, 2.75) is 25.1 Å². The minimum Gasteiger partial charge on any atom is -0.382 e. The Labute approximate surface area is 193 Å². The first kappa shape index (κ1) is 26.9. The van der Waals surface area contributed by atoms with E-state index in [4.69, 9.17) is 14.2 Å². The third-order valence-electron chi connectivity index (χ3n) is 4.59.